The third-order valence-electron chi connectivity index (χ3n) is 2.50. The average molecular weight is 354 g/mol. The van der Waals surface area contributed by atoms with Gasteiger partial charge in [-0.2, -0.15) is 0 Å². The molecule has 0 aliphatic carbocycles. The number of carboxylic acids is 1. The lowest BCUT2D eigenvalue weighted by Crippen LogP contribution is -2.26. The van der Waals surface area contributed by atoms with Crippen LogP contribution in [0.15, 0.2) is 16.6 Å². The van der Waals surface area contributed by atoms with Gasteiger partial charge in [0.25, 0.3) is 0 Å². The summed E-state index contributed by atoms with van der Waals surface area (Å²) >= 11 is 2.89. The molecule has 106 valence electrons. The van der Waals surface area contributed by atoms with Gasteiger partial charge in [0.1, 0.15) is 9.84 Å². The van der Waals surface area contributed by atoms with E-state index in [-0.39, 0.29) is 28.0 Å². The summed E-state index contributed by atoms with van der Waals surface area (Å²) in [6, 6.07) is 2.58. The number of carbonyl (C=O) groups is 1. The molecule has 1 N–H and O–H groups in total. The van der Waals surface area contributed by atoms with Gasteiger partial charge in [-0.3, -0.25) is 0 Å². The van der Waals surface area contributed by atoms with Gasteiger partial charge in [0, 0.05) is 19.8 Å². The second kappa shape index (κ2) is 5.87. The van der Waals surface area contributed by atoms with Crippen LogP contribution in [0.5, 0.6) is 0 Å². The normalized spacial score (nSPS) is 11.4. The van der Waals surface area contributed by atoms with E-state index >= 15 is 0 Å². The molecule has 0 spiro atoms. The molecule has 8 heteroatoms. The number of aromatic carboxylic acids is 1. The van der Waals surface area contributed by atoms with E-state index in [1.54, 1.807) is 0 Å². The van der Waals surface area contributed by atoms with Gasteiger partial charge in [-0.25, -0.2) is 17.6 Å². The smallest absolute Gasteiger partial charge is 0.336 e. The van der Waals surface area contributed by atoms with Crippen LogP contribution in [-0.2, 0) is 9.84 Å². The maximum absolute atomic E-state index is 14.0. The molecular formula is C11H13BrFNO4S. The Bertz CT molecular complexity index is 603. The van der Waals surface area contributed by atoms with Gasteiger partial charge in [-0.1, -0.05) is 0 Å². The number of benzene rings is 1. The molecule has 0 saturated heterocycles. The monoisotopic (exact) mass is 353 g/mol. The fourth-order valence-corrected chi connectivity index (χ4v) is 2.53. The zero-order valence-corrected chi connectivity index (χ0v) is 12.8. The highest BCUT2D eigenvalue weighted by Crippen LogP contribution is 2.29. The van der Waals surface area contributed by atoms with Crippen LogP contribution in [-0.4, -0.2) is 45.1 Å². The van der Waals surface area contributed by atoms with Crippen LogP contribution in [0.25, 0.3) is 0 Å². The Labute approximate surface area is 119 Å². The van der Waals surface area contributed by atoms with Gasteiger partial charge < -0.3 is 10.0 Å². The minimum absolute atomic E-state index is 0.110. The second-order valence-electron chi connectivity index (χ2n) is 4.12. The largest absolute Gasteiger partial charge is 0.478 e. The SMILES string of the molecule is CN(CCS(C)(=O)=O)c1ccc(C(=O)O)c(Br)c1F. The summed E-state index contributed by atoms with van der Waals surface area (Å²) in [5.41, 5.74) is -0.0433. The van der Waals surface area contributed by atoms with Crippen molar-refractivity contribution in [3.05, 3.63) is 28.0 Å². The first-order chi connectivity index (χ1) is 8.63. The highest BCUT2D eigenvalue weighted by molar-refractivity contribution is 9.10. The predicted molar refractivity (Wildman–Crippen MR) is 74.0 cm³/mol. The summed E-state index contributed by atoms with van der Waals surface area (Å²) in [4.78, 5) is 12.2. The van der Waals surface area contributed by atoms with Crippen molar-refractivity contribution in [3.63, 3.8) is 0 Å². The molecule has 1 aromatic carbocycles. The Morgan fingerprint density at radius 2 is 2.05 bits per heavy atom. The van der Waals surface area contributed by atoms with Crippen molar-refractivity contribution >= 4 is 37.4 Å². The van der Waals surface area contributed by atoms with Gasteiger partial charge >= 0.3 is 5.97 Å². The van der Waals surface area contributed by atoms with E-state index in [0.717, 1.165) is 6.26 Å². The van der Waals surface area contributed by atoms with E-state index in [0.29, 0.717) is 0 Å². The number of carboxylic acid groups (broad SMARTS) is 1. The molecule has 0 atom stereocenters. The zero-order valence-electron chi connectivity index (χ0n) is 10.4. The molecule has 1 aromatic rings. The van der Waals surface area contributed by atoms with Crippen molar-refractivity contribution in [1.82, 2.24) is 0 Å². The zero-order chi connectivity index (χ0) is 14.8. The van der Waals surface area contributed by atoms with Gasteiger partial charge in [-0.15, -0.1) is 0 Å². The molecule has 0 saturated carbocycles. The molecular weight excluding hydrogens is 341 g/mol. The highest BCUT2D eigenvalue weighted by atomic mass is 79.9. The van der Waals surface area contributed by atoms with Crippen molar-refractivity contribution in [1.29, 1.82) is 0 Å². The molecule has 0 aromatic heterocycles. The Morgan fingerprint density at radius 1 is 1.47 bits per heavy atom. The topological polar surface area (TPSA) is 74.7 Å². The third kappa shape index (κ3) is 4.17. The van der Waals surface area contributed by atoms with Crippen LogP contribution in [0, 0.1) is 5.82 Å². The lowest BCUT2D eigenvalue weighted by Gasteiger charge is -2.20. The van der Waals surface area contributed by atoms with Gasteiger partial charge in [0.15, 0.2) is 5.82 Å². The van der Waals surface area contributed by atoms with Gasteiger partial charge in [0.2, 0.25) is 0 Å². The number of hydrogen-bond acceptors (Lipinski definition) is 4. The van der Waals surface area contributed by atoms with Gasteiger partial charge in [-0.05, 0) is 28.1 Å². The number of rotatable bonds is 5. The highest BCUT2D eigenvalue weighted by Gasteiger charge is 2.18. The van der Waals surface area contributed by atoms with Crippen LogP contribution in [0.3, 0.4) is 0 Å². The molecule has 0 unspecified atom stereocenters. The van der Waals surface area contributed by atoms with E-state index in [1.165, 1.54) is 24.1 Å². The Balaban J connectivity index is 3.02. The van der Waals surface area contributed by atoms with Crippen molar-refractivity contribution in [3.8, 4) is 0 Å². The Morgan fingerprint density at radius 3 is 2.53 bits per heavy atom. The average Bonchev–Trinajstić information content (AvgIpc) is 2.28. The standard InChI is InChI=1S/C11H13BrFNO4S/c1-14(5-6-19(2,17)18)8-4-3-7(11(15)16)9(12)10(8)13/h3-4H,5-6H2,1-2H3,(H,15,16). The molecule has 0 aliphatic rings. The Hall–Kier alpha value is -1.15. The molecule has 0 bridgehead atoms. The van der Waals surface area contributed by atoms with E-state index in [2.05, 4.69) is 15.9 Å². The summed E-state index contributed by atoms with van der Waals surface area (Å²) in [7, 11) is -1.60. The summed E-state index contributed by atoms with van der Waals surface area (Å²) in [6.07, 6.45) is 1.10. The number of halogens is 2. The van der Waals surface area contributed by atoms with Crippen molar-refractivity contribution in [2.75, 3.05) is 30.5 Å². The fraction of sp³-hybridized carbons (Fsp3) is 0.364. The maximum atomic E-state index is 14.0. The molecule has 0 heterocycles. The number of nitrogens with zero attached hydrogens (tertiary/aromatic N) is 1. The molecule has 0 fully saturated rings. The molecule has 0 radical (unpaired) electrons. The predicted octanol–water partition coefficient (Wildman–Crippen LogP) is 1.77. The summed E-state index contributed by atoms with van der Waals surface area (Å²) in [5.74, 6) is -2.08. The summed E-state index contributed by atoms with van der Waals surface area (Å²) in [6.45, 7) is 0.120. The summed E-state index contributed by atoms with van der Waals surface area (Å²) in [5, 5.41) is 8.84. The fourth-order valence-electron chi connectivity index (χ4n) is 1.42. The minimum Gasteiger partial charge on any atom is -0.478 e. The lowest BCUT2D eigenvalue weighted by molar-refractivity contribution is 0.0695. The van der Waals surface area contributed by atoms with E-state index in [4.69, 9.17) is 5.11 Å². The van der Waals surface area contributed by atoms with E-state index in [9.17, 15) is 17.6 Å². The van der Waals surface area contributed by atoms with Crippen molar-refractivity contribution in [2.24, 2.45) is 0 Å². The third-order valence-corrected chi connectivity index (χ3v) is 4.20. The van der Waals surface area contributed by atoms with Crippen LogP contribution >= 0.6 is 15.9 Å². The molecule has 19 heavy (non-hydrogen) atoms. The number of hydrogen-bond donors (Lipinski definition) is 1. The number of sulfone groups is 1. The van der Waals surface area contributed by atoms with E-state index < -0.39 is 21.6 Å². The molecule has 0 amide bonds. The van der Waals surface area contributed by atoms with Gasteiger partial charge in [0.05, 0.1) is 21.5 Å². The minimum atomic E-state index is -3.14. The first-order valence-electron chi connectivity index (χ1n) is 5.23. The first kappa shape index (κ1) is 15.9. The first-order valence-corrected chi connectivity index (χ1v) is 8.09. The quantitative estimate of drug-likeness (QED) is 0.872. The summed E-state index contributed by atoms with van der Waals surface area (Å²) < 4.78 is 36.0. The van der Waals surface area contributed by atoms with Crippen LogP contribution in [0.1, 0.15) is 10.4 Å². The lowest BCUT2D eigenvalue weighted by atomic mass is 10.2. The molecule has 1 rings (SSSR count). The number of anilines is 1. The maximum Gasteiger partial charge on any atom is 0.336 e. The van der Waals surface area contributed by atoms with Crippen molar-refractivity contribution < 1.29 is 22.7 Å². The van der Waals surface area contributed by atoms with Crippen LogP contribution in [0.4, 0.5) is 10.1 Å². The molecule has 5 nitrogen and oxygen atoms in total. The van der Waals surface area contributed by atoms with Crippen LogP contribution in [0.2, 0.25) is 0 Å². The van der Waals surface area contributed by atoms with Crippen molar-refractivity contribution in [2.45, 2.75) is 0 Å². The van der Waals surface area contributed by atoms with Crippen LogP contribution < -0.4 is 4.90 Å². The second-order valence-corrected chi connectivity index (χ2v) is 7.17. The van der Waals surface area contributed by atoms with E-state index in [1.807, 2.05) is 0 Å². The molecule has 0 aliphatic heterocycles. The Kier molecular flexibility index (Phi) is 4.92.